The van der Waals surface area contributed by atoms with E-state index >= 15 is 0 Å². The third kappa shape index (κ3) is 4.03. The van der Waals surface area contributed by atoms with Crippen molar-refractivity contribution in [3.63, 3.8) is 0 Å². The quantitative estimate of drug-likeness (QED) is 0.559. The molecule has 5 heteroatoms. The minimum absolute atomic E-state index is 0.00484. The second-order valence-electron chi connectivity index (χ2n) is 6.59. The second kappa shape index (κ2) is 8.54. The van der Waals surface area contributed by atoms with Crippen LogP contribution in [0.4, 0.5) is 11.4 Å². The molecule has 1 atom stereocenters. The lowest BCUT2D eigenvalue weighted by molar-refractivity contribution is -0.121. The first-order valence-electron chi connectivity index (χ1n) is 9.09. The summed E-state index contributed by atoms with van der Waals surface area (Å²) in [5.41, 5.74) is 2.55. The van der Waals surface area contributed by atoms with Gasteiger partial charge in [-0.25, -0.2) is 0 Å². The number of carbonyl (C=O) groups excluding carboxylic acids is 2. The van der Waals surface area contributed by atoms with Crippen molar-refractivity contribution < 1.29 is 14.3 Å². The number of hydrogen-bond acceptors (Lipinski definition) is 3. The number of amides is 2. The first-order valence-corrected chi connectivity index (χ1v) is 9.09. The Hall–Kier alpha value is -3.08. The van der Waals surface area contributed by atoms with Crippen LogP contribution in [0.25, 0.3) is 0 Å². The van der Waals surface area contributed by atoms with E-state index in [2.05, 4.69) is 6.58 Å². The number of ether oxygens (including phenoxy) is 1. The number of nitrogens with zero attached hydrogens (tertiary/aromatic N) is 2. The molecule has 1 unspecified atom stereocenters. The van der Waals surface area contributed by atoms with Crippen molar-refractivity contribution >= 4 is 23.7 Å². The van der Waals surface area contributed by atoms with E-state index in [0.29, 0.717) is 19.7 Å². The lowest BCUT2D eigenvalue weighted by atomic mass is 10.1. The van der Waals surface area contributed by atoms with E-state index in [9.17, 15) is 9.59 Å². The fraction of sp³-hybridized carbons (Fsp3) is 0.273. The van der Waals surface area contributed by atoms with Crippen molar-refractivity contribution in [1.29, 1.82) is 0 Å². The van der Waals surface area contributed by atoms with Gasteiger partial charge in [-0.05, 0) is 30.2 Å². The molecule has 3 rings (SSSR count). The lowest BCUT2D eigenvalue weighted by Crippen LogP contribution is -2.38. The van der Waals surface area contributed by atoms with E-state index in [1.807, 2.05) is 61.5 Å². The van der Waals surface area contributed by atoms with E-state index in [1.165, 1.54) is 0 Å². The highest BCUT2D eigenvalue weighted by molar-refractivity contribution is 6.02. The highest BCUT2D eigenvalue weighted by atomic mass is 16.5. The van der Waals surface area contributed by atoms with Crippen molar-refractivity contribution in [2.24, 2.45) is 5.92 Å². The van der Waals surface area contributed by atoms with Crippen LogP contribution in [0, 0.1) is 5.92 Å². The van der Waals surface area contributed by atoms with E-state index in [-0.39, 0.29) is 11.8 Å². The average molecular weight is 364 g/mol. The number of carbonyl (C=O) groups is 2. The van der Waals surface area contributed by atoms with Gasteiger partial charge in [-0.15, -0.1) is 6.58 Å². The smallest absolute Gasteiger partial charge is 0.231 e. The molecule has 1 heterocycles. The first kappa shape index (κ1) is 18.7. The van der Waals surface area contributed by atoms with E-state index in [4.69, 9.17) is 4.74 Å². The fourth-order valence-corrected chi connectivity index (χ4v) is 3.34. The zero-order chi connectivity index (χ0) is 19.2. The maximum Gasteiger partial charge on any atom is 0.231 e. The predicted molar refractivity (Wildman–Crippen MR) is 107 cm³/mol. The Bertz CT molecular complexity index is 834. The normalized spacial score (nSPS) is 16.5. The number of hydrogen-bond donors (Lipinski definition) is 0. The molecule has 0 saturated carbocycles. The number of allylic oxidation sites excluding steroid dienone is 1. The standard InChI is InChI=1S/C22H24N2O3/c1-3-8-18-9-4-7-12-21(18)27-14-13-24-20-11-6-5-10-19(20)23(16-25)15-17(2)22(24)26/h3-7,9-12,16-17H,1,8,13-15H2,2H3. The van der Waals surface area contributed by atoms with Gasteiger partial charge in [0.15, 0.2) is 0 Å². The zero-order valence-corrected chi connectivity index (χ0v) is 15.5. The topological polar surface area (TPSA) is 49.9 Å². The maximum absolute atomic E-state index is 12.9. The number of fused-ring (bicyclic) bond motifs is 1. The monoisotopic (exact) mass is 364 g/mol. The summed E-state index contributed by atoms with van der Waals surface area (Å²) in [6.07, 6.45) is 3.35. The van der Waals surface area contributed by atoms with Gasteiger partial charge in [-0.3, -0.25) is 9.59 Å². The van der Waals surface area contributed by atoms with Crippen LogP contribution >= 0.6 is 0 Å². The van der Waals surface area contributed by atoms with Crippen molar-refractivity contribution in [1.82, 2.24) is 0 Å². The largest absolute Gasteiger partial charge is 0.491 e. The molecule has 140 valence electrons. The molecule has 0 radical (unpaired) electrons. The number of para-hydroxylation sites is 3. The van der Waals surface area contributed by atoms with E-state index < -0.39 is 0 Å². The van der Waals surface area contributed by atoms with Crippen LogP contribution in [-0.2, 0) is 16.0 Å². The summed E-state index contributed by atoms with van der Waals surface area (Å²) < 4.78 is 5.96. The third-order valence-corrected chi connectivity index (χ3v) is 4.68. The molecule has 2 aromatic rings. The zero-order valence-electron chi connectivity index (χ0n) is 15.5. The average Bonchev–Trinajstić information content (AvgIpc) is 2.79. The SMILES string of the molecule is C=CCc1ccccc1OCCN1C(=O)C(C)CN(C=O)c2ccccc21. The van der Waals surface area contributed by atoms with Crippen molar-refractivity contribution in [2.75, 3.05) is 29.5 Å². The van der Waals surface area contributed by atoms with Crippen LogP contribution in [0.1, 0.15) is 12.5 Å². The Balaban J connectivity index is 1.80. The maximum atomic E-state index is 12.9. The van der Waals surface area contributed by atoms with Gasteiger partial charge in [0.2, 0.25) is 12.3 Å². The lowest BCUT2D eigenvalue weighted by Gasteiger charge is -2.24. The van der Waals surface area contributed by atoms with E-state index in [1.54, 1.807) is 9.80 Å². The summed E-state index contributed by atoms with van der Waals surface area (Å²) in [5.74, 6) is 0.515. The van der Waals surface area contributed by atoms with Crippen molar-refractivity contribution in [3.8, 4) is 5.75 Å². The van der Waals surface area contributed by atoms with Gasteiger partial charge in [-0.1, -0.05) is 43.3 Å². The Labute approximate surface area is 159 Å². The molecule has 5 nitrogen and oxygen atoms in total. The van der Waals surface area contributed by atoms with Gasteiger partial charge < -0.3 is 14.5 Å². The Morgan fingerprint density at radius 2 is 1.85 bits per heavy atom. The van der Waals surface area contributed by atoms with Gasteiger partial charge in [0.25, 0.3) is 0 Å². The number of rotatable bonds is 7. The Morgan fingerprint density at radius 1 is 1.15 bits per heavy atom. The molecule has 0 spiro atoms. The molecule has 0 aromatic heterocycles. The van der Waals surface area contributed by atoms with Gasteiger partial charge in [0.05, 0.1) is 23.8 Å². The van der Waals surface area contributed by atoms with Crippen LogP contribution in [-0.4, -0.2) is 32.0 Å². The molecule has 2 aromatic carbocycles. The van der Waals surface area contributed by atoms with Crippen molar-refractivity contribution in [2.45, 2.75) is 13.3 Å². The Morgan fingerprint density at radius 3 is 2.59 bits per heavy atom. The molecule has 2 amide bonds. The highest BCUT2D eigenvalue weighted by Crippen LogP contribution is 2.33. The summed E-state index contributed by atoms with van der Waals surface area (Å²) in [5, 5.41) is 0. The van der Waals surface area contributed by atoms with Gasteiger partial charge in [0, 0.05) is 6.54 Å². The minimum Gasteiger partial charge on any atom is -0.491 e. The van der Waals surface area contributed by atoms with Crippen molar-refractivity contribution in [3.05, 3.63) is 66.7 Å². The van der Waals surface area contributed by atoms with Gasteiger partial charge >= 0.3 is 0 Å². The highest BCUT2D eigenvalue weighted by Gasteiger charge is 2.30. The molecule has 0 bridgehead atoms. The third-order valence-electron chi connectivity index (χ3n) is 4.68. The van der Waals surface area contributed by atoms with Crippen LogP contribution in [0.2, 0.25) is 0 Å². The van der Waals surface area contributed by atoms with E-state index in [0.717, 1.165) is 35.5 Å². The van der Waals surface area contributed by atoms with Crippen LogP contribution in [0.3, 0.4) is 0 Å². The van der Waals surface area contributed by atoms with Crippen LogP contribution in [0.15, 0.2) is 61.2 Å². The summed E-state index contributed by atoms with van der Waals surface area (Å²) in [7, 11) is 0. The summed E-state index contributed by atoms with van der Waals surface area (Å²) in [6, 6.07) is 15.3. The summed E-state index contributed by atoms with van der Waals surface area (Å²) in [4.78, 5) is 27.7. The molecule has 0 saturated heterocycles. The molecule has 0 fully saturated rings. The minimum atomic E-state index is -0.282. The number of anilines is 2. The predicted octanol–water partition coefficient (Wildman–Crippen LogP) is 3.44. The summed E-state index contributed by atoms with van der Waals surface area (Å²) in [6.45, 7) is 6.77. The molecule has 1 aliphatic heterocycles. The molecule has 0 N–H and O–H groups in total. The van der Waals surface area contributed by atoms with Crippen LogP contribution < -0.4 is 14.5 Å². The Kier molecular flexibility index (Phi) is 5.91. The molecular formula is C22H24N2O3. The number of benzene rings is 2. The van der Waals surface area contributed by atoms with Gasteiger partial charge in [0.1, 0.15) is 12.4 Å². The molecule has 27 heavy (non-hydrogen) atoms. The summed E-state index contributed by atoms with van der Waals surface area (Å²) >= 11 is 0. The van der Waals surface area contributed by atoms with Gasteiger partial charge in [-0.2, -0.15) is 0 Å². The first-order chi connectivity index (χ1) is 13.2. The molecular weight excluding hydrogens is 340 g/mol. The second-order valence-corrected chi connectivity index (χ2v) is 6.59. The van der Waals surface area contributed by atoms with Crippen LogP contribution in [0.5, 0.6) is 5.75 Å². The molecule has 1 aliphatic rings. The molecule has 0 aliphatic carbocycles. The fourth-order valence-electron chi connectivity index (χ4n) is 3.34.